The Bertz CT molecular complexity index is 379. The fourth-order valence-corrected chi connectivity index (χ4v) is 3.86. The number of rotatable bonds is 18. The van der Waals surface area contributed by atoms with Gasteiger partial charge in [-0.2, -0.15) is 8.42 Å². The average molecular weight is 379 g/mol. The number of aliphatic hydroxyl groups excluding tert-OH is 1. The van der Waals surface area contributed by atoms with Crippen molar-refractivity contribution in [2.75, 3.05) is 6.61 Å². The Kier molecular flexibility index (Phi) is 16.0. The minimum absolute atomic E-state index is 0.354. The van der Waals surface area contributed by atoms with Crippen molar-refractivity contribution in [2.24, 2.45) is 5.92 Å². The van der Waals surface area contributed by atoms with Gasteiger partial charge in [-0.1, -0.05) is 104 Å². The van der Waals surface area contributed by atoms with Crippen LogP contribution in [-0.2, 0) is 10.1 Å². The quantitative estimate of drug-likeness (QED) is 0.235. The standard InChI is InChI=1S/C20H42O4S/c1-19(2)16-14-12-10-8-6-4-3-5-7-9-11-13-15-17-20(18-21)25(22,23)24/h19-21H,3-18H2,1-2H3,(H,22,23,24). The molecule has 0 bridgehead atoms. The maximum absolute atomic E-state index is 10.9. The molecule has 1 atom stereocenters. The molecule has 0 saturated heterocycles. The van der Waals surface area contributed by atoms with Crippen molar-refractivity contribution in [3.8, 4) is 0 Å². The maximum atomic E-state index is 10.9. The highest BCUT2D eigenvalue weighted by molar-refractivity contribution is 7.86. The molecule has 0 aromatic carbocycles. The van der Waals surface area contributed by atoms with Crippen LogP contribution in [0.15, 0.2) is 0 Å². The summed E-state index contributed by atoms with van der Waals surface area (Å²) in [7, 11) is -4.09. The summed E-state index contributed by atoms with van der Waals surface area (Å²) in [5, 5.41) is 7.95. The molecule has 1 unspecified atom stereocenters. The van der Waals surface area contributed by atoms with Crippen molar-refractivity contribution in [2.45, 2.75) is 115 Å². The zero-order valence-corrected chi connectivity index (χ0v) is 17.4. The molecule has 0 radical (unpaired) electrons. The minimum atomic E-state index is -4.09. The third-order valence-corrected chi connectivity index (χ3v) is 6.16. The molecule has 0 aromatic rings. The van der Waals surface area contributed by atoms with Gasteiger partial charge in [0.1, 0.15) is 5.25 Å². The van der Waals surface area contributed by atoms with Crippen molar-refractivity contribution in [1.29, 1.82) is 0 Å². The zero-order chi connectivity index (χ0) is 19.0. The van der Waals surface area contributed by atoms with Crippen LogP contribution in [0.2, 0.25) is 0 Å². The number of hydrogen-bond acceptors (Lipinski definition) is 3. The third kappa shape index (κ3) is 17.1. The Hall–Kier alpha value is -0.130. The molecule has 0 aliphatic heterocycles. The molecular weight excluding hydrogens is 336 g/mol. The first kappa shape index (κ1) is 24.9. The largest absolute Gasteiger partial charge is 0.395 e. The van der Waals surface area contributed by atoms with Crippen LogP contribution >= 0.6 is 0 Å². The van der Waals surface area contributed by atoms with Gasteiger partial charge in [-0.25, -0.2) is 0 Å². The van der Waals surface area contributed by atoms with Crippen LogP contribution in [-0.4, -0.2) is 29.9 Å². The molecule has 0 saturated carbocycles. The second kappa shape index (κ2) is 16.1. The smallest absolute Gasteiger partial charge is 0.270 e. The highest BCUT2D eigenvalue weighted by atomic mass is 32.2. The van der Waals surface area contributed by atoms with Gasteiger partial charge in [-0.3, -0.25) is 4.55 Å². The lowest BCUT2D eigenvalue weighted by Crippen LogP contribution is -2.24. The van der Waals surface area contributed by atoms with Crippen LogP contribution in [0.1, 0.15) is 110 Å². The predicted octanol–water partition coefficient (Wildman–Crippen LogP) is 5.74. The molecule has 0 amide bonds. The normalized spacial score (nSPS) is 13.5. The van der Waals surface area contributed by atoms with E-state index in [0.717, 1.165) is 25.2 Å². The summed E-state index contributed by atoms with van der Waals surface area (Å²) in [5.74, 6) is 0.846. The van der Waals surface area contributed by atoms with Crippen molar-refractivity contribution >= 4 is 10.1 Å². The fraction of sp³-hybridized carbons (Fsp3) is 1.00. The van der Waals surface area contributed by atoms with Crippen molar-refractivity contribution in [3.05, 3.63) is 0 Å². The van der Waals surface area contributed by atoms with Crippen molar-refractivity contribution in [1.82, 2.24) is 0 Å². The molecule has 4 nitrogen and oxygen atoms in total. The molecule has 0 rings (SSSR count). The summed E-state index contributed by atoms with van der Waals surface area (Å²) in [6.07, 6.45) is 18.0. The van der Waals surface area contributed by atoms with E-state index in [0.29, 0.717) is 6.42 Å². The maximum Gasteiger partial charge on any atom is 0.270 e. The van der Waals surface area contributed by atoms with Gasteiger partial charge >= 0.3 is 0 Å². The van der Waals surface area contributed by atoms with E-state index in [1.807, 2.05) is 0 Å². The molecule has 0 aromatic heterocycles. The summed E-state index contributed by atoms with van der Waals surface area (Å²) >= 11 is 0. The lowest BCUT2D eigenvalue weighted by Gasteiger charge is -2.10. The average Bonchev–Trinajstić information content (AvgIpc) is 2.53. The van der Waals surface area contributed by atoms with E-state index in [4.69, 9.17) is 9.66 Å². The molecule has 0 fully saturated rings. The van der Waals surface area contributed by atoms with E-state index >= 15 is 0 Å². The van der Waals surface area contributed by atoms with Gasteiger partial charge in [0.05, 0.1) is 6.61 Å². The second-order valence-corrected chi connectivity index (χ2v) is 9.58. The summed E-state index contributed by atoms with van der Waals surface area (Å²) in [4.78, 5) is 0. The SMILES string of the molecule is CC(C)CCCCCCCCCCCCCCCC(CO)S(=O)(=O)O. The van der Waals surface area contributed by atoms with Crippen LogP contribution in [0.4, 0.5) is 0 Å². The van der Waals surface area contributed by atoms with Crippen LogP contribution < -0.4 is 0 Å². The predicted molar refractivity (Wildman–Crippen MR) is 107 cm³/mol. The zero-order valence-electron chi connectivity index (χ0n) is 16.6. The van der Waals surface area contributed by atoms with E-state index in [-0.39, 0.29) is 0 Å². The first-order valence-corrected chi connectivity index (χ1v) is 12.0. The van der Waals surface area contributed by atoms with Crippen LogP contribution in [0, 0.1) is 5.92 Å². The van der Waals surface area contributed by atoms with Crippen molar-refractivity contribution in [3.63, 3.8) is 0 Å². The Morgan fingerprint density at radius 3 is 1.24 bits per heavy atom. The summed E-state index contributed by atoms with van der Waals surface area (Å²) in [6.45, 7) is 4.10. The summed E-state index contributed by atoms with van der Waals surface area (Å²) in [5.41, 5.74) is 0. The van der Waals surface area contributed by atoms with Gasteiger partial charge in [0.2, 0.25) is 0 Å². The first-order valence-electron chi connectivity index (χ1n) is 10.4. The van der Waals surface area contributed by atoms with Gasteiger partial charge in [-0.05, 0) is 12.3 Å². The third-order valence-electron chi connectivity index (χ3n) is 4.93. The highest BCUT2D eigenvalue weighted by Crippen LogP contribution is 2.15. The van der Waals surface area contributed by atoms with Crippen LogP contribution in [0.5, 0.6) is 0 Å². The Balaban J connectivity index is 3.24. The summed E-state index contributed by atoms with van der Waals surface area (Å²) in [6, 6.07) is 0. The monoisotopic (exact) mass is 378 g/mol. The highest BCUT2D eigenvalue weighted by Gasteiger charge is 2.20. The second-order valence-electron chi connectivity index (χ2n) is 7.89. The van der Waals surface area contributed by atoms with E-state index < -0.39 is 22.0 Å². The molecule has 2 N–H and O–H groups in total. The van der Waals surface area contributed by atoms with Crippen LogP contribution in [0.25, 0.3) is 0 Å². The molecule has 5 heteroatoms. The molecule has 0 aliphatic carbocycles. The van der Waals surface area contributed by atoms with Gasteiger partial charge < -0.3 is 5.11 Å². The molecule has 152 valence electrons. The van der Waals surface area contributed by atoms with E-state index in [1.165, 1.54) is 70.6 Å². The van der Waals surface area contributed by atoms with E-state index in [1.54, 1.807) is 0 Å². The fourth-order valence-electron chi connectivity index (χ4n) is 3.20. The van der Waals surface area contributed by atoms with E-state index in [9.17, 15) is 8.42 Å². The molecule has 0 aliphatic rings. The Morgan fingerprint density at radius 1 is 0.640 bits per heavy atom. The topological polar surface area (TPSA) is 74.6 Å². The van der Waals surface area contributed by atoms with Gasteiger partial charge in [-0.15, -0.1) is 0 Å². The lowest BCUT2D eigenvalue weighted by atomic mass is 10.0. The summed E-state index contributed by atoms with van der Waals surface area (Å²) < 4.78 is 30.8. The minimum Gasteiger partial charge on any atom is -0.395 e. The lowest BCUT2D eigenvalue weighted by molar-refractivity contribution is 0.276. The number of aliphatic hydroxyl groups is 1. The molecular formula is C20H42O4S. The van der Waals surface area contributed by atoms with Gasteiger partial charge in [0.25, 0.3) is 10.1 Å². The molecule has 0 spiro atoms. The molecule has 25 heavy (non-hydrogen) atoms. The van der Waals surface area contributed by atoms with Gasteiger partial charge in [0.15, 0.2) is 0 Å². The molecule has 0 heterocycles. The van der Waals surface area contributed by atoms with Gasteiger partial charge in [0, 0.05) is 0 Å². The number of unbranched alkanes of at least 4 members (excludes halogenated alkanes) is 12. The van der Waals surface area contributed by atoms with Crippen LogP contribution in [0.3, 0.4) is 0 Å². The Labute approximate surface area is 156 Å². The first-order chi connectivity index (χ1) is 11.9. The number of hydrogen-bond donors (Lipinski definition) is 2. The van der Waals surface area contributed by atoms with Crippen molar-refractivity contribution < 1.29 is 18.1 Å². The Morgan fingerprint density at radius 2 is 0.960 bits per heavy atom. The van der Waals surface area contributed by atoms with E-state index in [2.05, 4.69) is 13.8 Å².